The second-order valence-electron chi connectivity index (χ2n) is 12.9. The number of thiophene rings is 2. The number of carbonyl (C=O) groups excluding carboxylic acids is 2. The fourth-order valence-corrected chi connectivity index (χ4v) is 10.6. The average Bonchev–Trinajstić information content (AvgIpc) is 3.96. The summed E-state index contributed by atoms with van der Waals surface area (Å²) in [5, 5.41) is 0.129. The summed E-state index contributed by atoms with van der Waals surface area (Å²) in [5.74, 6) is 0. The molecule has 7 heterocycles. The van der Waals surface area contributed by atoms with Gasteiger partial charge in [0.15, 0.2) is 10.2 Å². The summed E-state index contributed by atoms with van der Waals surface area (Å²) in [6.07, 6.45) is 16.7. The van der Waals surface area contributed by atoms with Crippen LogP contribution < -0.4 is 9.97 Å². The molecule has 0 spiro atoms. The van der Waals surface area contributed by atoms with Crippen molar-refractivity contribution < 1.29 is 29.1 Å². The molecule has 0 aromatic carbocycles. The van der Waals surface area contributed by atoms with Gasteiger partial charge in [-0.25, -0.2) is 9.97 Å². The van der Waals surface area contributed by atoms with Crippen molar-refractivity contribution in [2.24, 2.45) is 0 Å². The molecule has 0 fully saturated rings. The molecule has 0 amide bonds. The van der Waals surface area contributed by atoms with Gasteiger partial charge in [-0.1, -0.05) is 63.8 Å². The first-order valence-corrected chi connectivity index (χ1v) is 21.2. The summed E-state index contributed by atoms with van der Waals surface area (Å²) in [7, 11) is 0. The Morgan fingerprint density at radius 1 is 0.566 bits per heavy atom. The van der Waals surface area contributed by atoms with Gasteiger partial charge in [-0.2, -0.15) is 0 Å². The van der Waals surface area contributed by atoms with Crippen LogP contribution in [-0.2, 0) is 41.9 Å². The summed E-state index contributed by atoms with van der Waals surface area (Å²) in [4.78, 5) is 47.3. The molecule has 0 radical (unpaired) electrons. The minimum atomic E-state index is 0. The number of hydrogen-bond donors (Lipinski definition) is 0. The number of aryl methyl sites for hydroxylation is 2. The quantitative estimate of drug-likeness (QED) is 0.0684. The largest absolute Gasteiger partial charge is 2.00 e. The van der Waals surface area contributed by atoms with Crippen LogP contribution in [0.4, 0.5) is 0 Å². The molecule has 0 saturated heterocycles. The minimum absolute atomic E-state index is 0. The van der Waals surface area contributed by atoms with E-state index in [2.05, 4.69) is 74.5 Å². The van der Waals surface area contributed by atoms with Crippen molar-refractivity contribution in [2.45, 2.75) is 87.5 Å². The van der Waals surface area contributed by atoms with Gasteiger partial charge in [0.2, 0.25) is 0 Å². The summed E-state index contributed by atoms with van der Waals surface area (Å²) >= 11 is 5.72. The molecule has 53 heavy (non-hydrogen) atoms. The van der Waals surface area contributed by atoms with Gasteiger partial charge in [-0.3, -0.25) is 9.59 Å². The van der Waals surface area contributed by atoms with Crippen LogP contribution in [0.5, 0.6) is 0 Å². The number of unbranched alkanes of at least 4 members (excludes halogenated alkanes) is 4. The van der Waals surface area contributed by atoms with Crippen molar-refractivity contribution in [3.8, 4) is 20.9 Å². The molecular weight excluding hydrogens is 786 g/mol. The molecule has 5 aromatic rings. The molecular formula is C42H40N4O2S4Zn. The van der Waals surface area contributed by atoms with Gasteiger partial charge >= 0.3 is 19.5 Å². The zero-order valence-electron chi connectivity index (χ0n) is 30.5. The van der Waals surface area contributed by atoms with Gasteiger partial charge in [0.05, 0.1) is 31.2 Å². The number of nitrogens with zero attached hydrogens (tertiary/aromatic N) is 4. The van der Waals surface area contributed by atoms with Gasteiger partial charge in [0.1, 0.15) is 0 Å². The normalized spacial score (nSPS) is 12.0. The maximum absolute atomic E-state index is 12.0. The van der Waals surface area contributed by atoms with Gasteiger partial charge in [-0.15, -0.1) is 44.7 Å². The predicted molar refractivity (Wildman–Crippen MR) is 223 cm³/mol. The number of hydrogen-bond acceptors (Lipinski definition) is 8. The monoisotopic (exact) mass is 824 g/mol. The maximum atomic E-state index is 12.0. The van der Waals surface area contributed by atoms with E-state index in [4.69, 9.17) is 19.9 Å². The third kappa shape index (κ3) is 8.97. The van der Waals surface area contributed by atoms with Crippen LogP contribution in [0.25, 0.3) is 67.3 Å². The fraction of sp³-hybridized carbons (Fsp3) is 0.286. The number of rotatable bonds is 12. The third-order valence-corrected chi connectivity index (χ3v) is 13.1. The first kappa shape index (κ1) is 39.4. The molecule has 2 aliphatic heterocycles. The summed E-state index contributed by atoms with van der Waals surface area (Å²) < 4.78 is 1.90. The third-order valence-electron chi connectivity index (χ3n) is 9.03. The predicted octanol–water partition coefficient (Wildman–Crippen LogP) is 12.1. The molecule has 0 N–H and O–H groups in total. The van der Waals surface area contributed by atoms with E-state index in [1.807, 2.05) is 12.1 Å². The smallest absolute Gasteiger partial charge is 0.657 e. The second-order valence-corrected chi connectivity index (χ2v) is 18.0. The van der Waals surface area contributed by atoms with E-state index in [0.29, 0.717) is 0 Å². The SMILES string of the molecule is CCCCCc1c2nc(c(-c3ccc(SC(C)=O)s3)c3ccc([n-]3)c(CCCCC)c3nc(c(-c4ccc(SC(C)=O)s4)c4ccc1[n-]4)C=C3)C=C2.[Zn+2]. The van der Waals surface area contributed by atoms with Crippen molar-refractivity contribution in [3.05, 3.63) is 82.4 Å². The molecule has 8 bridgehead atoms. The van der Waals surface area contributed by atoms with Crippen LogP contribution in [0.3, 0.4) is 0 Å². The molecule has 0 unspecified atom stereocenters. The Balaban J connectivity index is 0.00000481. The maximum Gasteiger partial charge on any atom is 2.00 e. The molecule has 0 aliphatic carbocycles. The Kier molecular flexibility index (Phi) is 13.3. The summed E-state index contributed by atoms with van der Waals surface area (Å²) in [5.41, 5.74) is 11.3. The Hall–Kier alpha value is -3.34. The van der Waals surface area contributed by atoms with E-state index in [9.17, 15) is 9.59 Å². The van der Waals surface area contributed by atoms with Crippen LogP contribution in [0.2, 0.25) is 0 Å². The van der Waals surface area contributed by atoms with Crippen LogP contribution >= 0.6 is 46.2 Å². The molecule has 11 heteroatoms. The molecule has 2 aliphatic rings. The first-order valence-electron chi connectivity index (χ1n) is 17.9. The molecule has 5 aromatic heterocycles. The zero-order valence-corrected chi connectivity index (χ0v) is 36.8. The van der Waals surface area contributed by atoms with Crippen LogP contribution in [0, 0.1) is 0 Å². The van der Waals surface area contributed by atoms with Crippen molar-refractivity contribution in [2.75, 3.05) is 0 Å². The second kappa shape index (κ2) is 17.9. The Morgan fingerprint density at radius 3 is 1.36 bits per heavy atom. The number of thioether (sulfide) groups is 2. The topological polar surface area (TPSA) is 88.1 Å². The number of aromatic nitrogens is 4. The average molecular weight is 826 g/mol. The number of fused-ring (bicyclic) bond motifs is 8. The van der Waals surface area contributed by atoms with Crippen LogP contribution in [-0.4, -0.2) is 20.2 Å². The summed E-state index contributed by atoms with van der Waals surface area (Å²) in [6, 6.07) is 16.7. The van der Waals surface area contributed by atoms with Crippen molar-refractivity contribution in [1.82, 2.24) is 19.9 Å². The molecule has 7 rings (SSSR count). The van der Waals surface area contributed by atoms with Crippen molar-refractivity contribution in [1.29, 1.82) is 0 Å². The van der Waals surface area contributed by atoms with Crippen LogP contribution in [0.15, 0.2) is 56.9 Å². The Bertz CT molecular complexity index is 2210. The van der Waals surface area contributed by atoms with E-state index < -0.39 is 0 Å². The molecule has 0 saturated carbocycles. The van der Waals surface area contributed by atoms with E-state index in [-0.39, 0.29) is 29.7 Å². The minimum Gasteiger partial charge on any atom is -0.657 e. The Labute approximate surface area is 340 Å². The molecule has 6 nitrogen and oxygen atoms in total. The van der Waals surface area contributed by atoms with E-state index in [0.717, 1.165) is 137 Å². The fourth-order valence-electron chi connectivity index (χ4n) is 6.63. The summed E-state index contributed by atoms with van der Waals surface area (Å²) in [6.45, 7) is 7.64. The van der Waals surface area contributed by atoms with E-state index in [1.165, 1.54) is 23.5 Å². The molecule has 0 atom stereocenters. The zero-order chi connectivity index (χ0) is 36.2. The van der Waals surface area contributed by atoms with Gasteiger partial charge in [0, 0.05) is 34.7 Å². The van der Waals surface area contributed by atoms with E-state index in [1.54, 1.807) is 36.5 Å². The molecule has 266 valence electrons. The van der Waals surface area contributed by atoms with Crippen molar-refractivity contribution >= 4 is 103 Å². The first-order chi connectivity index (χ1) is 25.3. The van der Waals surface area contributed by atoms with Gasteiger partial charge in [-0.05, 0) is 109 Å². The van der Waals surface area contributed by atoms with Crippen molar-refractivity contribution in [3.63, 3.8) is 0 Å². The van der Waals surface area contributed by atoms with Gasteiger partial charge < -0.3 is 9.97 Å². The standard InChI is InChI=1S/C42H40N4O2S4.Zn/c1-5-7-9-11-27-29-13-17-33(43-29)41(37-21-23-39(51-37)49-25(3)47)35-19-15-31(45-35)28(12-10-8-6-2)32-16-20-36(46-32)42(34-18-14-30(27)44-34)38-22-24-40(52-38)50-26(4)48;/h13-24H,5-12H2,1-4H3;/q-2;+2. The van der Waals surface area contributed by atoms with E-state index >= 15 is 0 Å². The van der Waals surface area contributed by atoms with Crippen LogP contribution in [0.1, 0.15) is 100 Å². The Morgan fingerprint density at radius 2 is 0.962 bits per heavy atom. The number of carbonyl (C=O) groups is 2. The van der Waals surface area contributed by atoms with Gasteiger partial charge in [0.25, 0.3) is 0 Å².